The molecule has 4 rings (SSSR count). The van der Waals surface area contributed by atoms with Gasteiger partial charge in [-0.25, -0.2) is 4.98 Å². The number of hydrogen-bond acceptors (Lipinski definition) is 3. The van der Waals surface area contributed by atoms with Gasteiger partial charge in [0.1, 0.15) is 19.3 Å². The number of pyridine rings is 1. The summed E-state index contributed by atoms with van der Waals surface area (Å²) in [5.74, 6) is 0.602. The molecule has 2 saturated heterocycles. The number of piperazine rings is 1. The summed E-state index contributed by atoms with van der Waals surface area (Å²) in [5, 5.41) is 0. The van der Waals surface area contributed by atoms with Gasteiger partial charge in [-0.05, 0) is 36.8 Å². The second kappa shape index (κ2) is 7.97. The van der Waals surface area contributed by atoms with Crippen LogP contribution in [0.4, 0.5) is 24.7 Å². The van der Waals surface area contributed by atoms with Crippen molar-refractivity contribution < 1.29 is 27.7 Å². The van der Waals surface area contributed by atoms with Crippen LogP contribution in [0.2, 0.25) is 0 Å². The van der Waals surface area contributed by atoms with E-state index >= 15 is 0 Å². The number of aromatic nitrogens is 1. The summed E-state index contributed by atoms with van der Waals surface area (Å²) in [6, 6.07) is 9.53. The molecule has 9 heteroatoms. The van der Waals surface area contributed by atoms with E-state index in [-0.39, 0.29) is 11.8 Å². The Morgan fingerprint density at radius 2 is 1.63 bits per heavy atom. The van der Waals surface area contributed by atoms with Crippen LogP contribution in [-0.2, 0) is 11.0 Å². The third-order valence-electron chi connectivity index (χ3n) is 5.53. The summed E-state index contributed by atoms with van der Waals surface area (Å²) >= 11 is 0. The first kappa shape index (κ1) is 20.2. The topological polar surface area (TPSA) is 58.0 Å². The van der Waals surface area contributed by atoms with E-state index in [1.807, 2.05) is 4.90 Å². The Balaban J connectivity index is 1.35. The Morgan fingerprint density at radius 3 is 2.17 bits per heavy atom. The molecule has 0 atom stereocenters. The number of nitrogens with zero attached hydrogens (tertiary/aromatic N) is 3. The van der Waals surface area contributed by atoms with E-state index in [2.05, 4.69) is 4.98 Å². The van der Waals surface area contributed by atoms with E-state index in [4.69, 9.17) is 0 Å². The number of amides is 2. The minimum absolute atomic E-state index is 0.0923. The maximum atomic E-state index is 12.8. The molecular formula is C21H22F3N4O2+. The molecule has 6 nitrogen and oxygen atoms in total. The highest BCUT2D eigenvalue weighted by molar-refractivity contribution is 5.97. The maximum absolute atomic E-state index is 12.8. The molecule has 1 aromatic heterocycles. The van der Waals surface area contributed by atoms with E-state index in [0.29, 0.717) is 50.5 Å². The molecule has 0 radical (unpaired) electrons. The monoisotopic (exact) mass is 419 g/mol. The van der Waals surface area contributed by atoms with Gasteiger partial charge in [-0.15, -0.1) is 0 Å². The predicted octanol–water partition coefficient (Wildman–Crippen LogP) is 2.61. The van der Waals surface area contributed by atoms with Crippen LogP contribution in [-0.4, -0.2) is 49.4 Å². The molecule has 0 bridgehead atoms. The van der Waals surface area contributed by atoms with E-state index in [9.17, 15) is 22.8 Å². The minimum Gasteiger partial charge on any atom is -0.331 e. The second-order valence-corrected chi connectivity index (χ2v) is 7.44. The number of alkyl halides is 3. The van der Waals surface area contributed by atoms with Crippen molar-refractivity contribution in [3.63, 3.8) is 0 Å². The minimum atomic E-state index is -4.38. The quantitative estimate of drug-likeness (QED) is 0.769. The highest BCUT2D eigenvalue weighted by atomic mass is 19.4. The number of rotatable bonds is 3. The van der Waals surface area contributed by atoms with Crippen LogP contribution in [0.1, 0.15) is 28.8 Å². The van der Waals surface area contributed by atoms with Crippen molar-refractivity contribution in [1.29, 1.82) is 0 Å². The van der Waals surface area contributed by atoms with Crippen LogP contribution < -0.4 is 14.8 Å². The fraction of sp³-hybridized carbons (Fsp3) is 0.381. The molecule has 3 heterocycles. The lowest BCUT2D eigenvalue weighted by Crippen LogP contribution is -2.50. The zero-order valence-corrected chi connectivity index (χ0v) is 16.3. The molecule has 2 amide bonds. The van der Waals surface area contributed by atoms with Gasteiger partial charge in [0.25, 0.3) is 11.7 Å². The Kier molecular flexibility index (Phi) is 5.36. The highest BCUT2D eigenvalue weighted by Gasteiger charge is 2.33. The summed E-state index contributed by atoms with van der Waals surface area (Å²) < 4.78 is 38.1. The summed E-state index contributed by atoms with van der Waals surface area (Å²) in [7, 11) is 0. The van der Waals surface area contributed by atoms with Gasteiger partial charge in [-0.3, -0.25) is 14.5 Å². The van der Waals surface area contributed by atoms with Crippen LogP contribution in [0, 0.1) is 0 Å². The number of H-pyrrole nitrogens is 1. The zero-order valence-electron chi connectivity index (χ0n) is 16.3. The number of aromatic amines is 1. The number of carbonyl (C=O) groups excluding carboxylic acids is 2. The third-order valence-corrected chi connectivity index (χ3v) is 5.53. The third kappa shape index (κ3) is 4.10. The predicted molar refractivity (Wildman–Crippen MR) is 104 cm³/mol. The number of hydrogen-bond donors (Lipinski definition) is 0. The number of nitrogens with one attached hydrogen (secondary N) is 1. The van der Waals surface area contributed by atoms with Crippen molar-refractivity contribution in [3.05, 3.63) is 53.7 Å². The number of benzene rings is 1. The van der Waals surface area contributed by atoms with E-state index in [1.54, 1.807) is 34.1 Å². The van der Waals surface area contributed by atoms with Gasteiger partial charge in [0, 0.05) is 30.3 Å². The van der Waals surface area contributed by atoms with Gasteiger partial charge < -0.3 is 9.80 Å². The van der Waals surface area contributed by atoms with Crippen LogP contribution >= 0.6 is 0 Å². The Bertz CT molecular complexity index is 921. The Morgan fingerprint density at radius 1 is 0.933 bits per heavy atom. The molecule has 0 spiro atoms. The van der Waals surface area contributed by atoms with Crippen LogP contribution in [0.5, 0.6) is 0 Å². The van der Waals surface area contributed by atoms with Crippen molar-refractivity contribution in [2.75, 3.05) is 42.5 Å². The lowest BCUT2D eigenvalue weighted by atomic mass is 10.1. The molecule has 0 aliphatic carbocycles. The molecule has 0 unspecified atom stereocenters. The molecule has 158 valence electrons. The number of halogens is 3. The lowest BCUT2D eigenvalue weighted by molar-refractivity contribution is -0.367. The molecule has 2 aliphatic heterocycles. The van der Waals surface area contributed by atoms with Gasteiger partial charge in [-0.2, -0.15) is 13.2 Å². The molecule has 1 N–H and O–H groups in total. The Labute approximate surface area is 171 Å². The highest BCUT2D eigenvalue weighted by Crippen LogP contribution is 2.28. The van der Waals surface area contributed by atoms with Crippen LogP contribution in [0.15, 0.2) is 42.6 Å². The van der Waals surface area contributed by atoms with Gasteiger partial charge in [0.2, 0.25) is 5.91 Å². The first-order valence-electron chi connectivity index (χ1n) is 9.86. The largest absolute Gasteiger partial charge is 0.419 e. The van der Waals surface area contributed by atoms with Crippen molar-refractivity contribution in [2.24, 2.45) is 0 Å². The average molecular weight is 419 g/mol. The maximum Gasteiger partial charge on any atom is 0.419 e. The standard InChI is InChI=1S/C21H21F3N4O2/c22-21(23,24)16-5-8-18(25-14-16)26-10-12-27(13-11-26)20(30)15-3-6-17(7-4-15)28-9-1-2-19(28)29/h3-8,14H,1-2,9-13H2/p+1. The van der Waals surface area contributed by atoms with Crippen molar-refractivity contribution in [2.45, 2.75) is 19.0 Å². The fourth-order valence-electron chi connectivity index (χ4n) is 3.83. The summed E-state index contributed by atoms with van der Waals surface area (Å²) in [5.41, 5.74) is 0.635. The van der Waals surface area contributed by atoms with Gasteiger partial charge >= 0.3 is 6.18 Å². The molecule has 30 heavy (non-hydrogen) atoms. The van der Waals surface area contributed by atoms with Crippen LogP contribution in [0.3, 0.4) is 0 Å². The lowest BCUT2D eigenvalue weighted by Gasteiger charge is -2.31. The first-order chi connectivity index (χ1) is 14.3. The molecule has 0 saturated carbocycles. The van der Waals surface area contributed by atoms with Crippen molar-refractivity contribution >= 4 is 23.3 Å². The fourth-order valence-corrected chi connectivity index (χ4v) is 3.83. The smallest absolute Gasteiger partial charge is 0.331 e. The number of carbonyl (C=O) groups is 2. The normalized spacial score (nSPS) is 17.6. The molecule has 2 fully saturated rings. The molecule has 2 aromatic rings. The van der Waals surface area contributed by atoms with E-state index in [1.165, 1.54) is 6.07 Å². The van der Waals surface area contributed by atoms with Gasteiger partial charge in [0.05, 0.1) is 18.7 Å². The van der Waals surface area contributed by atoms with E-state index < -0.39 is 11.7 Å². The van der Waals surface area contributed by atoms with Gasteiger partial charge in [0.15, 0.2) is 0 Å². The molecule has 2 aliphatic rings. The Hall–Kier alpha value is -3.10. The van der Waals surface area contributed by atoms with Crippen LogP contribution in [0.25, 0.3) is 0 Å². The SMILES string of the molecule is O=C(c1ccc(N2CCCC2=O)cc1)N1CCN(c2ccc(C(F)(F)F)c[nH+]2)CC1. The first-order valence-corrected chi connectivity index (χ1v) is 9.86. The molecule has 1 aromatic carbocycles. The van der Waals surface area contributed by atoms with Gasteiger partial charge in [-0.1, -0.05) is 0 Å². The summed E-state index contributed by atoms with van der Waals surface area (Å²) in [4.78, 5) is 32.7. The summed E-state index contributed by atoms with van der Waals surface area (Å²) in [6.45, 7) is 2.69. The summed E-state index contributed by atoms with van der Waals surface area (Å²) in [6.07, 6.45) is -2.02. The average Bonchev–Trinajstić information content (AvgIpc) is 3.19. The zero-order chi connectivity index (χ0) is 21.3. The second-order valence-electron chi connectivity index (χ2n) is 7.44. The molecular weight excluding hydrogens is 397 g/mol. The van der Waals surface area contributed by atoms with Crippen molar-refractivity contribution in [1.82, 2.24) is 4.90 Å². The number of anilines is 2. The van der Waals surface area contributed by atoms with E-state index in [0.717, 1.165) is 24.4 Å². The van der Waals surface area contributed by atoms with Crippen molar-refractivity contribution in [3.8, 4) is 0 Å².